The van der Waals surface area contributed by atoms with Crippen molar-refractivity contribution < 1.29 is 136 Å². The molecule has 0 aromatic rings. The van der Waals surface area contributed by atoms with E-state index in [4.69, 9.17) is 18.9 Å². The predicted molar refractivity (Wildman–Crippen MR) is 535 cm³/mol. The van der Waals surface area contributed by atoms with E-state index in [0.717, 1.165) is 36.9 Å². The van der Waals surface area contributed by atoms with Crippen LogP contribution in [0.3, 0.4) is 0 Å². The highest BCUT2D eigenvalue weighted by Crippen LogP contribution is 2.42. The zero-order valence-electron chi connectivity index (χ0n) is 82.2. The molecule has 0 aliphatic carbocycles. The highest BCUT2D eigenvalue weighted by Gasteiger charge is 2.23. The average Bonchev–Trinajstić information content (AvgIpc) is 1.47. The first-order chi connectivity index (χ1) is 56.3. The molecule has 131 heavy (non-hydrogen) atoms. The number of amides is 8. The fraction of sp³-hybridized carbons (Fsp3) is 0.848. The Kier molecular flexibility index (Phi) is 105. The molecule has 5 unspecified atom stereocenters. The van der Waals surface area contributed by atoms with Gasteiger partial charge in [-0.15, -0.1) is 10.2 Å². The number of nitrogens with zero attached hydrogens (tertiary/aromatic N) is 6. The van der Waals surface area contributed by atoms with Gasteiger partial charge in [0, 0.05) is 94.7 Å². The van der Waals surface area contributed by atoms with E-state index in [1.54, 1.807) is 83.1 Å². The van der Waals surface area contributed by atoms with Gasteiger partial charge in [-0.3, -0.25) is 100 Å². The molecule has 5 atom stereocenters. The number of hydrogen-bond donors (Lipinski definition) is 11. The Morgan fingerprint density at radius 3 is 0.947 bits per heavy atom. The van der Waals surface area contributed by atoms with Gasteiger partial charge in [0.25, 0.3) is 20.2 Å². The molecule has 0 bridgehead atoms. The molecule has 790 valence electrons. The summed E-state index contributed by atoms with van der Waals surface area (Å²) in [4.78, 5) is 132. The highest BCUT2D eigenvalue weighted by atomic mass is 32.2. The summed E-state index contributed by atoms with van der Waals surface area (Å²) in [6, 6.07) is 0. The molecule has 0 saturated carbocycles. The van der Waals surface area contributed by atoms with Crippen molar-refractivity contribution in [3.63, 3.8) is 0 Å². The fourth-order valence-corrected chi connectivity index (χ4v) is 13.6. The van der Waals surface area contributed by atoms with Crippen LogP contribution in [0.1, 0.15) is 277 Å². The van der Waals surface area contributed by atoms with E-state index in [1.165, 1.54) is 67.4 Å². The molecule has 0 saturated heterocycles. The van der Waals surface area contributed by atoms with E-state index in [0.29, 0.717) is 55.1 Å². The van der Waals surface area contributed by atoms with Crippen molar-refractivity contribution in [3.05, 3.63) is 0 Å². The van der Waals surface area contributed by atoms with Crippen LogP contribution in [0.5, 0.6) is 0 Å². The average molecular weight is 2090 g/mol. The van der Waals surface area contributed by atoms with E-state index in [-0.39, 0.29) is 148 Å². The molecular formula is C79H177N12O30P3S7. The first kappa shape index (κ1) is 162. The second-order valence-electron chi connectivity index (χ2n) is 33.8. The second kappa shape index (κ2) is 85.0. The van der Waals surface area contributed by atoms with E-state index in [1.807, 2.05) is 78.7 Å². The van der Waals surface area contributed by atoms with Crippen molar-refractivity contribution in [3.8, 4) is 0 Å². The van der Waals surface area contributed by atoms with Crippen LogP contribution < -0.4 is 29.5 Å². The van der Waals surface area contributed by atoms with E-state index >= 15 is 0 Å². The van der Waals surface area contributed by atoms with Crippen LogP contribution in [0, 0.1) is 65.1 Å². The van der Waals surface area contributed by atoms with Crippen molar-refractivity contribution in [1.82, 2.24) is 29.5 Å². The summed E-state index contributed by atoms with van der Waals surface area (Å²) in [5.41, 5.74) is 2.11. The van der Waals surface area contributed by atoms with Crippen LogP contribution in [0.2, 0.25) is 0 Å². The normalized spacial score (nSPS) is 13.3. The maximum absolute atomic E-state index is 11.2. The minimum absolute atomic E-state index is 0. The van der Waals surface area contributed by atoms with Gasteiger partial charge in [0.15, 0.2) is 24.6 Å². The molecule has 8 amide bonds. The summed E-state index contributed by atoms with van der Waals surface area (Å²) in [6.07, 6.45) is 7.43. The van der Waals surface area contributed by atoms with E-state index in [2.05, 4.69) is 78.7 Å². The van der Waals surface area contributed by atoms with Crippen LogP contribution in [-0.2, 0) is 134 Å². The van der Waals surface area contributed by atoms with Gasteiger partial charge in [-0.2, -0.15) is 27.1 Å². The number of nitrogens with one attached hydrogen (secondary N) is 6. The Balaban J connectivity index is -0.0000000776. The Labute approximate surface area is 795 Å². The number of carbonyl (C=O) groups excluding carboxylic acids is 10. The zero-order valence-corrected chi connectivity index (χ0v) is 90.6. The lowest BCUT2D eigenvalue weighted by molar-refractivity contribution is -0.132. The summed E-state index contributed by atoms with van der Waals surface area (Å²) in [7, 11) is -28.4. The molecule has 42 nitrogen and oxygen atoms in total. The van der Waals surface area contributed by atoms with Crippen LogP contribution in [0.4, 0.5) is 0 Å². The standard InChI is InChI=1S/C7H13NO2.C7H15O3P.C6H11N3.C6H13NO3S.C6H13NO2S.C6H11NO2.C6H12O3S.C5H9N3.C5H11NO3S.C5H11NO2S.C5H13O2P.C4H10O3S.C4H11O2P.C3H8O3S.4CH4/c1-5(2)4-7(10)8-6(3)9;1-6(2)4-11(9,10)5-7(3)8;1-5(2)3-6-4-7-9-8-6;1-5(2)4-6(8)7-11(3,9)10;1-5(2)4-6(8)7-10(3)9;1-4(2)6(9)7-5(3)8;1-5(2)10(8,9)4-6(3)7;1-4(2)5-3-6-8-7-5;1-4(2)5(7)6-10(3,8)9;1-4(2)5(7)6-9(3)8;1-5(2)4-8(3,6)7;1-4(2)3-8(5,6)7;1-4(2)7(3,5)6;1-3(2)7(4,5)6;;;;/h5H,4H2,1-3H3,(H,8,9,10);6H,4-5H2,1-3H3,(H,9,10);5H,3-4H2,1-2H3;5H,4H2,1-3H3,(H,7,8);5H,4H2,1-3H3,(H,7,8);4H,1-3H3,(H,7,8,9);5H,4H2,1-3H3;4H,3H2,1-2H3;4H,1-3H3,(H,6,7);4H,1-3H3,(H,6,7);5H,4H2,1-3H3,(H,6,7);4H,3H2,1-2H3,(H,5,6,7);4H,1-3H3,(H,5,6);3H,1-2H3,(H,4,5,6);4*1H4. The quantitative estimate of drug-likeness (QED) is 0.0245. The minimum atomic E-state index is -3.74. The third-order valence-electron chi connectivity index (χ3n) is 12.4. The third-order valence-corrected chi connectivity index (χ3v) is 24.6. The van der Waals surface area contributed by atoms with Crippen molar-refractivity contribution >= 4 is 164 Å². The summed E-state index contributed by atoms with van der Waals surface area (Å²) in [5.74, 6) is -1.22. The molecule has 52 heteroatoms. The van der Waals surface area contributed by atoms with Gasteiger partial charge < -0.3 is 14.7 Å². The predicted octanol–water partition coefficient (Wildman–Crippen LogP) is 12.7. The SMILES string of the molecule is C.C.C.C.CC(=O)CP(=O)(O)CC(C)C.CC(=O)CS(=O)(=O)C(C)C.CC(=O)NC(=O)C(C)C.CC(=O)NC(=O)CC(C)C.CC(C)C(=O)NS(C)(=O)=O.CC(C)C(=O)NS(C)=O.CC(C)C1=NN=NC1.CC(C)CC(=O)NS(C)(=O)=O.CC(C)CC(=O)NS(C)=O.CC(C)CC1=NN=NC1.CC(C)CP(C)(=O)O.CC(C)CS(=O)(=O)O.CC(C)P(C)(=O)O.CC(C)S(=O)(=O)O. The number of rotatable bonds is 29. The summed E-state index contributed by atoms with van der Waals surface area (Å²) >= 11 is 0. The number of carbonyl (C=O) groups is 10. The van der Waals surface area contributed by atoms with Crippen LogP contribution >= 0.6 is 22.1 Å². The van der Waals surface area contributed by atoms with Gasteiger partial charge in [0.2, 0.25) is 74.7 Å². The topological polar surface area (TPSA) is 674 Å². The van der Waals surface area contributed by atoms with Gasteiger partial charge in [-0.25, -0.2) is 33.7 Å². The summed E-state index contributed by atoms with van der Waals surface area (Å²) < 4.78 is 181. The summed E-state index contributed by atoms with van der Waals surface area (Å²) in [5, 5.41) is 25.4. The van der Waals surface area contributed by atoms with E-state index < -0.39 is 117 Å². The molecule has 11 N–H and O–H groups in total. The number of ketones is 2. The van der Waals surface area contributed by atoms with Gasteiger partial charge in [-0.05, 0) is 106 Å². The first-order valence-electron chi connectivity index (χ1n) is 40.0. The molecule has 0 aromatic heterocycles. The number of sulfone groups is 1. The molecule has 2 aliphatic heterocycles. The van der Waals surface area contributed by atoms with Gasteiger partial charge in [-0.1, -0.05) is 196 Å². The fourth-order valence-electron chi connectivity index (χ4n) is 6.56. The molecule has 0 aromatic carbocycles. The second-order valence-corrected chi connectivity index (χ2v) is 53.4. The molecule has 0 fully saturated rings. The lowest BCUT2D eigenvalue weighted by Crippen LogP contribution is -2.32. The molecule has 2 heterocycles. The Morgan fingerprint density at radius 1 is 0.435 bits per heavy atom. The maximum atomic E-state index is 11.2. The van der Waals surface area contributed by atoms with Crippen molar-refractivity contribution in [2.24, 2.45) is 96.0 Å². The Bertz CT molecular complexity index is 4100. The van der Waals surface area contributed by atoms with Crippen molar-refractivity contribution in [2.45, 2.75) is 293 Å². The lowest BCUT2D eigenvalue weighted by Gasteiger charge is -2.11. The van der Waals surface area contributed by atoms with Gasteiger partial charge in [0.1, 0.15) is 52.4 Å². The van der Waals surface area contributed by atoms with Crippen molar-refractivity contribution in [1.29, 1.82) is 0 Å². The van der Waals surface area contributed by atoms with E-state index in [9.17, 15) is 117 Å². The summed E-state index contributed by atoms with van der Waals surface area (Å²) in [6.45, 7) is 60.1. The molecule has 2 rings (SSSR count). The molecule has 2 aliphatic rings. The number of Topliss-reactive ketones (excluding diaryl/α,β-unsaturated/α-hetero) is 2. The first-order valence-corrected chi connectivity index (χ1v) is 58.3. The number of imide groups is 2. The van der Waals surface area contributed by atoms with Crippen molar-refractivity contribution in [2.75, 3.05) is 81.4 Å². The number of hydrogen-bond acceptors (Lipinski definition) is 31. The molecule has 0 spiro atoms. The third kappa shape index (κ3) is 156. The van der Waals surface area contributed by atoms with Crippen LogP contribution in [-0.4, -0.2) is 242 Å². The minimum Gasteiger partial charge on any atom is -0.344 e. The zero-order chi connectivity index (χ0) is 104. The highest BCUT2D eigenvalue weighted by molar-refractivity contribution is 7.92. The monoisotopic (exact) mass is 2090 g/mol. The Hall–Kier alpha value is -5.42. The smallest absolute Gasteiger partial charge is 0.267 e. The number of sulfonamides is 2. The largest absolute Gasteiger partial charge is 0.344 e. The van der Waals surface area contributed by atoms with Crippen LogP contribution in [0.25, 0.3) is 0 Å². The van der Waals surface area contributed by atoms with Crippen LogP contribution in [0.15, 0.2) is 30.9 Å². The van der Waals surface area contributed by atoms with Gasteiger partial charge >= 0.3 is 0 Å². The lowest BCUT2D eigenvalue weighted by atomic mass is 10.1. The Morgan fingerprint density at radius 2 is 0.779 bits per heavy atom. The molecule has 0 radical (unpaired) electrons. The van der Waals surface area contributed by atoms with Gasteiger partial charge in [0.05, 0.1) is 46.3 Å². The molecular weight excluding hydrogens is 1910 g/mol. The maximum Gasteiger partial charge on any atom is 0.267 e.